The predicted molar refractivity (Wildman–Crippen MR) is 75.8 cm³/mol. The fraction of sp³-hybridized carbons (Fsp3) is 0.312. The van der Waals surface area contributed by atoms with E-state index >= 15 is 0 Å². The average molecular weight is 271 g/mol. The first kappa shape index (κ1) is 12.9. The number of amides is 1. The van der Waals surface area contributed by atoms with Crippen LogP contribution in [-0.2, 0) is 0 Å². The number of aliphatic hydroxyl groups excluding tert-OH is 1. The van der Waals surface area contributed by atoms with Crippen LogP contribution in [0.5, 0.6) is 0 Å². The number of nitrogens with zero attached hydrogens (tertiary/aromatic N) is 1. The maximum absolute atomic E-state index is 12.7. The van der Waals surface area contributed by atoms with Crippen LogP contribution >= 0.6 is 0 Å². The maximum Gasteiger partial charge on any atom is 0.261 e. The molecule has 0 aliphatic carbocycles. The smallest absolute Gasteiger partial charge is 0.261 e. The van der Waals surface area contributed by atoms with Gasteiger partial charge in [0.15, 0.2) is 0 Å². The molecule has 4 nitrogen and oxygen atoms in total. The fourth-order valence-corrected chi connectivity index (χ4v) is 2.70. The van der Waals surface area contributed by atoms with Gasteiger partial charge in [-0.3, -0.25) is 4.79 Å². The number of carbonyl (C=O) groups excluding carboxylic acids is 1. The van der Waals surface area contributed by atoms with Gasteiger partial charge in [0.05, 0.1) is 17.9 Å². The number of furan rings is 1. The second-order valence-corrected chi connectivity index (χ2v) is 5.06. The summed E-state index contributed by atoms with van der Waals surface area (Å²) in [5, 5.41) is 10.2. The molecule has 4 heteroatoms. The third kappa shape index (κ3) is 2.12. The zero-order valence-electron chi connectivity index (χ0n) is 11.4. The standard InChI is InChI=1S/C16H17NO3/c1-11-12(8-10-20-11)16(19)17-9-4-7-15(18)13-5-2-3-6-14(13)17/h2-3,5-6,8,10,15,18H,4,7,9H2,1H3. The SMILES string of the molecule is Cc1occc1C(=O)N1CCCC(O)c2ccccc21. The molecule has 2 aromatic rings. The van der Waals surface area contributed by atoms with Crippen LogP contribution in [0.2, 0.25) is 0 Å². The van der Waals surface area contributed by atoms with Crippen molar-refractivity contribution in [3.8, 4) is 0 Å². The third-order valence-electron chi connectivity index (χ3n) is 3.78. The molecule has 0 fully saturated rings. The van der Waals surface area contributed by atoms with E-state index in [0.717, 1.165) is 17.7 Å². The molecule has 20 heavy (non-hydrogen) atoms. The molecule has 104 valence electrons. The molecule has 3 rings (SSSR count). The molecule has 1 aliphatic heterocycles. The highest BCUT2D eigenvalue weighted by atomic mass is 16.3. The van der Waals surface area contributed by atoms with Crippen molar-refractivity contribution in [2.75, 3.05) is 11.4 Å². The zero-order valence-corrected chi connectivity index (χ0v) is 11.4. The van der Waals surface area contributed by atoms with Gasteiger partial charge in [-0.05, 0) is 31.9 Å². The number of anilines is 1. The molecule has 0 saturated heterocycles. The second kappa shape index (κ2) is 5.13. The van der Waals surface area contributed by atoms with Crippen molar-refractivity contribution in [2.24, 2.45) is 0 Å². The Morgan fingerprint density at radius 1 is 1.35 bits per heavy atom. The van der Waals surface area contributed by atoms with Crippen LogP contribution < -0.4 is 4.90 Å². The molecule has 1 atom stereocenters. The van der Waals surface area contributed by atoms with E-state index in [1.165, 1.54) is 6.26 Å². The topological polar surface area (TPSA) is 53.7 Å². The Labute approximate surface area is 117 Å². The van der Waals surface area contributed by atoms with Crippen molar-refractivity contribution in [1.29, 1.82) is 0 Å². The molecule has 1 aromatic heterocycles. The summed E-state index contributed by atoms with van der Waals surface area (Å²) in [7, 11) is 0. The highest BCUT2D eigenvalue weighted by Crippen LogP contribution is 2.33. The van der Waals surface area contributed by atoms with Gasteiger partial charge < -0.3 is 14.4 Å². The molecule has 0 bridgehead atoms. The first-order chi connectivity index (χ1) is 9.68. The summed E-state index contributed by atoms with van der Waals surface area (Å²) < 4.78 is 5.22. The van der Waals surface area contributed by atoms with Crippen molar-refractivity contribution in [2.45, 2.75) is 25.9 Å². The van der Waals surface area contributed by atoms with E-state index in [0.29, 0.717) is 24.3 Å². The Bertz CT molecular complexity index is 632. The minimum absolute atomic E-state index is 0.0715. The van der Waals surface area contributed by atoms with Crippen LogP contribution in [0.15, 0.2) is 41.0 Å². The molecule has 0 radical (unpaired) electrons. The summed E-state index contributed by atoms with van der Waals surface area (Å²) in [6.07, 6.45) is 2.47. The molecule has 2 heterocycles. The monoisotopic (exact) mass is 271 g/mol. The van der Waals surface area contributed by atoms with E-state index < -0.39 is 6.10 Å². The molecule has 1 amide bonds. The molecule has 1 aliphatic rings. The van der Waals surface area contributed by atoms with E-state index in [2.05, 4.69) is 0 Å². The molecule has 1 N–H and O–H groups in total. The molecule has 1 unspecified atom stereocenters. The lowest BCUT2D eigenvalue weighted by Crippen LogP contribution is -2.31. The van der Waals surface area contributed by atoms with E-state index in [9.17, 15) is 9.90 Å². The van der Waals surface area contributed by atoms with Gasteiger partial charge >= 0.3 is 0 Å². The van der Waals surface area contributed by atoms with Gasteiger partial charge in [0.1, 0.15) is 5.76 Å². The Morgan fingerprint density at radius 3 is 2.90 bits per heavy atom. The van der Waals surface area contributed by atoms with Gasteiger partial charge in [-0.25, -0.2) is 0 Å². The van der Waals surface area contributed by atoms with Gasteiger partial charge in [0.25, 0.3) is 5.91 Å². The number of aliphatic hydroxyl groups is 1. The largest absolute Gasteiger partial charge is 0.469 e. The summed E-state index contributed by atoms with van der Waals surface area (Å²) in [5.41, 5.74) is 2.19. The lowest BCUT2D eigenvalue weighted by atomic mass is 10.0. The van der Waals surface area contributed by atoms with Crippen LogP contribution in [0.4, 0.5) is 5.69 Å². The number of carbonyl (C=O) groups is 1. The molecule has 1 aromatic carbocycles. The Balaban J connectivity index is 2.03. The van der Waals surface area contributed by atoms with Gasteiger partial charge in [0, 0.05) is 17.8 Å². The van der Waals surface area contributed by atoms with Crippen LogP contribution in [0, 0.1) is 6.92 Å². The quantitative estimate of drug-likeness (QED) is 0.867. The summed E-state index contributed by atoms with van der Waals surface area (Å²) >= 11 is 0. The maximum atomic E-state index is 12.7. The minimum atomic E-state index is -0.505. The second-order valence-electron chi connectivity index (χ2n) is 5.06. The lowest BCUT2D eigenvalue weighted by molar-refractivity contribution is 0.0985. The fourth-order valence-electron chi connectivity index (χ4n) is 2.70. The highest BCUT2D eigenvalue weighted by molar-refractivity contribution is 6.07. The Morgan fingerprint density at radius 2 is 2.15 bits per heavy atom. The molecular formula is C16H17NO3. The van der Waals surface area contributed by atoms with E-state index in [1.807, 2.05) is 24.3 Å². The minimum Gasteiger partial charge on any atom is -0.469 e. The van der Waals surface area contributed by atoms with Crippen molar-refractivity contribution in [3.05, 3.63) is 53.5 Å². The number of rotatable bonds is 1. The van der Waals surface area contributed by atoms with Gasteiger partial charge in [-0.1, -0.05) is 18.2 Å². The van der Waals surface area contributed by atoms with Crippen LogP contribution in [0.25, 0.3) is 0 Å². The zero-order chi connectivity index (χ0) is 14.1. The Kier molecular flexibility index (Phi) is 3.32. The van der Waals surface area contributed by atoms with Crippen LogP contribution in [0.1, 0.15) is 40.6 Å². The first-order valence-corrected chi connectivity index (χ1v) is 6.81. The molecule has 0 spiro atoms. The van der Waals surface area contributed by atoms with Gasteiger partial charge in [0.2, 0.25) is 0 Å². The van der Waals surface area contributed by atoms with Gasteiger partial charge in [-0.2, -0.15) is 0 Å². The number of benzene rings is 1. The third-order valence-corrected chi connectivity index (χ3v) is 3.78. The number of para-hydroxylation sites is 1. The molecular weight excluding hydrogens is 254 g/mol. The Hall–Kier alpha value is -2.07. The highest BCUT2D eigenvalue weighted by Gasteiger charge is 2.27. The predicted octanol–water partition coefficient (Wildman–Crippen LogP) is 3.06. The number of aryl methyl sites for hydroxylation is 1. The number of fused-ring (bicyclic) bond motifs is 1. The van der Waals surface area contributed by atoms with Gasteiger partial charge in [-0.15, -0.1) is 0 Å². The number of hydrogen-bond acceptors (Lipinski definition) is 3. The lowest BCUT2D eigenvalue weighted by Gasteiger charge is -2.23. The van der Waals surface area contributed by atoms with Crippen molar-refractivity contribution in [3.63, 3.8) is 0 Å². The average Bonchev–Trinajstić information content (AvgIpc) is 2.81. The van der Waals surface area contributed by atoms with Crippen LogP contribution in [0.3, 0.4) is 0 Å². The van der Waals surface area contributed by atoms with E-state index in [-0.39, 0.29) is 5.91 Å². The van der Waals surface area contributed by atoms with Crippen molar-refractivity contribution >= 4 is 11.6 Å². The summed E-state index contributed by atoms with van der Waals surface area (Å²) in [6.45, 7) is 2.39. The van der Waals surface area contributed by atoms with Crippen molar-refractivity contribution in [1.82, 2.24) is 0 Å². The summed E-state index contributed by atoms with van der Waals surface area (Å²) in [5.74, 6) is 0.551. The normalized spacial score (nSPS) is 18.5. The number of hydrogen-bond donors (Lipinski definition) is 1. The van der Waals surface area contributed by atoms with E-state index in [4.69, 9.17) is 4.42 Å². The summed E-state index contributed by atoms with van der Waals surface area (Å²) in [6, 6.07) is 9.24. The van der Waals surface area contributed by atoms with E-state index in [1.54, 1.807) is 17.9 Å². The molecule has 0 saturated carbocycles. The summed E-state index contributed by atoms with van der Waals surface area (Å²) in [4.78, 5) is 14.4. The first-order valence-electron chi connectivity index (χ1n) is 6.81. The van der Waals surface area contributed by atoms with Crippen LogP contribution in [-0.4, -0.2) is 17.6 Å². The van der Waals surface area contributed by atoms with Crippen molar-refractivity contribution < 1.29 is 14.3 Å².